The van der Waals surface area contributed by atoms with Crippen LogP contribution in [-0.2, 0) is 17.1 Å². The van der Waals surface area contributed by atoms with E-state index in [4.69, 9.17) is 11.6 Å². The zero-order valence-corrected chi connectivity index (χ0v) is 16.3. The summed E-state index contributed by atoms with van der Waals surface area (Å²) < 4.78 is 0. The molecule has 5 nitrogen and oxygen atoms in total. The number of rotatable bonds is 8. The second-order valence-corrected chi connectivity index (χ2v) is 6.48. The molecule has 0 fully saturated rings. The minimum Gasteiger partial charge on any atom is -0.340 e. The first-order valence-electron chi connectivity index (χ1n) is 8.75. The Morgan fingerprint density at radius 3 is 1.89 bits per heavy atom. The number of imide groups is 1. The number of carbonyl (C=O) groups is 3. The third kappa shape index (κ3) is 5.41. The van der Waals surface area contributed by atoms with Crippen LogP contribution < -0.4 is 0 Å². The van der Waals surface area contributed by atoms with Crippen LogP contribution in [0.4, 0.5) is 0 Å². The number of nitrogens with zero attached hydrogens (tertiary/aromatic N) is 2. The molecule has 2 rings (SSSR count). The normalized spacial score (nSPS) is 10.3. The van der Waals surface area contributed by atoms with Crippen LogP contribution in [0.2, 0.25) is 0 Å². The average molecular weight is 387 g/mol. The quantitative estimate of drug-likeness (QED) is 0.516. The molecule has 27 heavy (non-hydrogen) atoms. The summed E-state index contributed by atoms with van der Waals surface area (Å²) in [7, 11) is 1.64. The molecule has 142 valence electrons. The molecule has 0 N–H and O–H groups in total. The second-order valence-electron chi connectivity index (χ2n) is 6.21. The van der Waals surface area contributed by atoms with E-state index >= 15 is 0 Å². The molecule has 0 saturated carbocycles. The monoisotopic (exact) mass is 386 g/mol. The Morgan fingerprint density at radius 1 is 0.889 bits per heavy atom. The van der Waals surface area contributed by atoms with Gasteiger partial charge < -0.3 is 4.90 Å². The third-order valence-electron chi connectivity index (χ3n) is 4.38. The van der Waals surface area contributed by atoms with E-state index in [1.54, 1.807) is 43.4 Å². The van der Waals surface area contributed by atoms with E-state index < -0.39 is 0 Å². The molecule has 3 amide bonds. The summed E-state index contributed by atoms with van der Waals surface area (Å²) in [4.78, 5) is 38.9. The molecular formula is C21H23ClN2O3. The van der Waals surface area contributed by atoms with Gasteiger partial charge in [-0.05, 0) is 41.8 Å². The Kier molecular flexibility index (Phi) is 7.55. The number of benzene rings is 2. The van der Waals surface area contributed by atoms with E-state index in [2.05, 4.69) is 0 Å². The Bertz CT molecular complexity index is 788. The van der Waals surface area contributed by atoms with Crippen LogP contribution >= 0.6 is 11.6 Å². The van der Waals surface area contributed by atoms with Crippen LogP contribution in [0.3, 0.4) is 0 Å². The number of amides is 3. The first kappa shape index (κ1) is 20.6. The molecule has 6 heteroatoms. The number of alkyl halides is 1. The highest BCUT2D eigenvalue weighted by Gasteiger charge is 2.18. The number of aryl methyl sites for hydroxylation is 1. The lowest BCUT2D eigenvalue weighted by Crippen LogP contribution is -2.38. The minimum atomic E-state index is -0.375. The molecule has 0 aliphatic heterocycles. The maximum Gasteiger partial charge on any atom is 0.260 e. The second kappa shape index (κ2) is 9.88. The number of hydrogen-bond acceptors (Lipinski definition) is 3. The first-order chi connectivity index (χ1) is 13.0. The molecule has 0 aliphatic rings. The zero-order valence-electron chi connectivity index (χ0n) is 15.5. The number of halogens is 1. The zero-order chi connectivity index (χ0) is 19.8. The summed E-state index contributed by atoms with van der Waals surface area (Å²) in [6.07, 6.45) is 1.38. The largest absolute Gasteiger partial charge is 0.340 e. The molecule has 0 aliphatic carbocycles. The van der Waals surface area contributed by atoms with E-state index in [-0.39, 0.29) is 24.9 Å². The average Bonchev–Trinajstić information content (AvgIpc) is 2.73. The van der Waals surface area contributed by atoms with Gasteiger partial charge in [0.2, 0.25) is 6.41 Å². The molecule has 0 bridgehead atoms. The summed E-state index contributed by atoms with van der Waals surface area (Å²) in [5.74, 6) is -0.165. The van der Waals surface area contributed by atoms with Crippen molar-refractivity contribution in [2.75, 3.05) is 20.1 Å². The van der Waals surface area contributed by atoms with Crippen LogP contribution in [0.15, 0.2) is 48.5 Å². The van der Waals surface area contributed by atoms with Crippen molar-refractivity contribution in [3.8, 4) is 0 Å². The summed E-state index contributed by atoms with van der Waals surface area (Å²) in [6.45, 7) is 2.40. The molecule has 0 heterocycles. The highest BCUT2D eigenvalue weighted by Crippen LogP contribution is 2.10. The molecule has 2 aromatic rings. The minimum absolute atomic E-state index is 0.125. The lowest BCUT2D eigenvalue weighted by atomic mass is 10.1. The Labute approximate surface area is 164 Å². The Morgan fingerprint density at radius 2 is 1.41 bits per heavy atom. The number of carbonyl (C=O) groups excluding carboxylic acids is 3. The maximum atomic E-state index is 12.5. The lowest BCUT2D eigenvalue weighted by Gasteiger charge is -2.21. The van der Waals surface area contributed by atoms with Gasteiger partial charge in [-0.2, -0.15) is 0 Å². The van der Waals surface area contributed by atoms with Crippen LogP contribution in [-0.4, -0.2) is 48.2 Å². The van der Waals surface area contributed by atoms with Gasteiger partial charge in [-0.15, -0.1) is 11.6 Å². The first-order valence-corrected chi connectivity index (χ1v) is 9.29. The fraction of sp³-hybridized carbons (Fsp3) is 0.286. The van der Waals surface area contributed by atoms with Crippen LogP contribution in [0.1, 0.15) is 38.8 Å². The fourth-order valence-electron chi connectivity index (χ4n) is 2.57. The van der Waals surface area contributed by atoms with Crippen molar-refractivity contribution in [2.24, 2.45) is 0 Å². The summed E-state index contributed by atoms with van der Waals surface area (Å²) in [5, 5.41) is 0. The molecule has 0 saturated heterocycles. The molecular weight excluding hydrogens is 364 g/mol. The van der Waals surface area contributed by atoms with Crippen LogP contribution in [0.5, 0.6) is 0 Å². The van der Waals surface area contributed by atoms with E-state index in [0.29, 0.717) is 23.4 Å². The Hall–Kier alpha value is -2.66. The predicted octanol–water partition coefficient (Wildman–Crippen LogP) is 3.36. The van der Waals surface area contributed by atoms with Gasteiger partial charge in [-0.25, -0.2) is 0 Å². The third-order valence-corrected chi connectivity index (χ3v) is 4.68. The summed E-state index contributed by atoms with van der Waals surface area (Å²) in [5.41, 5.74) is 3.04. The number of likely N-dealkylation sites (N-methyl/N-ethyl adjacent to an activating group) is 1. The van der Waals surface area contributed by atoms with Gasteiger partial charge in [-0.3, -0.25) is 19.3 Å². The van der Waals surface area contributed by atoms with Gasteiger partial charge in [0.15, 0.2) is 0 Å². The van der Waals surface area contributed by atoms with Crippen molar-refractivity contribution in [2.45, 2.75) is 19.2 Å². The van der Waals surface area contributed by atoms with Crippen molar-refractivity contribution in [3.63, 3.8) is 0 Å². The van der Waals surface area contributed by atoms with Gasteiger partial charge in [0, 0.05) is 37.1 Å². The highest BCUT2D eigenvalue weighted by atomic mass is 35.5. The Balaban J connectivity index is 1.97. The molecule has 2 aromatic carbocycles. The van der Waals surface area contributed by atoms with E-state index in [1.807, 2.05) is 19.1 Å². The smallest absolute Gasteiger partial charge is 0.260 e. The standard InChI is InChI=1S/C21H23ClN2O3/c1-3-16-4-8-19(9-5-16)21(27)24(15-25)13-12-23(2)20(26)18-10-6-17(14-22)7-11-18/h4-11,15H,3,12-14H2,1-2H3. The van der Waals surface area contributed by atoms with E-state index in [9.17, 15) is 14.4 Å². The predicted molar refractivity (Wildman–Crippen MR) is 106 cm³/mol. The fourth-order valence-corrected chi connectivity index (χ4v) is 2.75. The van der Waals surface area contributed by atoms with Gasteiger partial charge in [-0.1, -0.05) is 31.2 Å². The highest BCUT2D eigenvalue weighted by molar-refractivity contribution is 6.17. The van der Waals surface area contributed by atoms with Gasteiger partial charge >= 0.3 is 0 Å². The molecule has 0 unspecified atom stereocenters. The maximum absolute atomic E-state index is 12.5. The summed E-state index contributed by atoms with van der Waals surface area (Å²) in [6, 6.07) is 14.2. The lowest BCUT2D eigenvalue weighted by molar-refractivity contribution is -0.116. The van der Waals surface area contributed by atoms with Crippen molar-refractivity contribution in [3.05, 3.63) is 70.8 Å². The van der Waals surface area contributed by atoms with Crippen molar-refractivity contribution >= 4 is 29.8 Å². The van der Waals surface area contributed by atoms with E-state index in [0.717, 1.165) is 22.4 Å². The van der Waals surface area contributed by atoms with Crippen LogP contribution in [0, 0.1) is 0 Å². The van der Waals surface area contributed by atoms with Crippen LogP contribution in [0.25, 0.3) is 0 Å². The molecule has 0 atom stereocenters. The topological polar surface area (TPSA) is 57.7 Å². The SMILES string of the molecule is CCc1ccc(C(=O)N(C=O)CCN(C)C(=O)c2ccc(CCl)cc2)cc1. The van der Waals surface area contributed by atoms with Crippen molar-refractivity contribution in [1.29, 1.82) is 0 Å². The summed E-state index contributed by atoms with van der Waals surface area (Å²) >= 11 is 5.75. The van der Waals surface area contributed by atoms with Crippen molar-refractivity contribution < 1.29 is 14.4 Å². The molecule has 0 spiro atoms. The van der Waals surface area contributed by atoms with Gasteiger partial charge in [0.05, 0.1) is 0 Å². The molecule has 0 aromatic heterocycles. The van der Waals surface area contributed by atoms with Crippen molar-refractivity contribution in [1.82, 2.24) is 9.80 Å². The van der Waals surface area contributed by atoms with Gasteiger partial charge in [0.25, 0.3) is 11.8 Å². The number of hydrogen-bond donors (Lipinski definition) is 0. The van der Waals surface area contributed by atoms with Gasteiger partial charge in [0.1, 0.15) is 0 Å². The molecule has 0 radical (unpaired) electrons. The van der Waals surface area contributed by atoms with E-state index in [1.165, 1.54) is 4.90 Å².